The second kappa shape index (κ2) is 6.54. The van der Waals surface area contributed by atoms with Gasteiger partial charge in [-0.15, -0.1) is 0 Å². The van der Waals surface area contributed by atoms with E-state index in [9.17, 15) is 4.79 Å². The highest BCUT2D eigenvalue weighted by Crippen LogP contribution is 2.30. The monoisotopic (exact) mass is 417 g/mol. The van der Waals surface area contributed by atoms with Gasteiger partial charge < -0.3 is 5.73 Å². The highest BCUT2D eigenvalue weighted by Gasteiger charge is 2.22. The zero-order valence-corrected chi connectivity index (χ0v) is 14.8. The number of H-pyrrole nitrogens is 1. The minimum absolute atomic E-state index is 0.115. The van der Waals surface area contributed by atoms with Gasteiger partial charge in [-0.3, -0.25) is 9.89 Å². The maximum atomic E-state index is 12.9. The Morgan fingerprint density at radius 3 is 2.74 bits per heavy atom. The van der Waals surface area contributed by atoms with Crippen molar-refractivity contribution in [3.8, 4) is 11.3 Å². The molecule has 0 saturated carbocycles. The molecule has 0 fully saturated rings. The number of nitrogen functional groups attached to an aromatic ring is 1. The number of halogens is 1. The molecule has 0 radical (unpaired) electrons. The van der Waals surface area contributed by atoms with E-state index in [0.717, 1.165) is 21.1 Å². The Morgan fingerprint density at radius 2 is 2.00 bits per heavy atom. The first-order chi connectivity index (χ1) is 11.1. The van der Waals surface area contributed by atoms with Crippen LogP contribution in [0.1, 0.15) is 28.4 Å². The minimum atomic E-state index is -0.115. The second-order valence-electron chi connectivity index (χ2n) is 5.21. The molecule has 0 aliphatic rings. The quantitative estimate of drug-likeness (QED) is 0.497. The fraction of sp³-hybridized carbons (Fsp3) is 0.111. The largest absolute Gasteiger partial charge is 0.383 e. The zero-order chi connectivity index (χ0) is 16.4. The normalized spacial score (nSPS) is 10.7. The smallest absolute Gasteiger partial charge is 0.199 e. The van der Waals surface area contributed by atoms with Crippen molar-refractivity contribution in [2.75, 3.05) is 5.73 Å². The van der Waals surface area contributed by atoms with Gasteiger partial charge in [-0.25, -0.2) is 0 Å². The number of anilines is 1. The molecule has 3 rings (SSSR count). The van der Waals surface area contributed by atoms with Gasteiger partial charge in [-0.05, 0) is 46.7 Å². The van der Waals surface area contributed by atoms with E-state index in [2.05, 4.69) is 39.7 Å². The minimum Gasteiger partial charge on any atom is -0.383 e. The van der Waals surface area contributed by atoms with Crippen LogP contribution in [0.15, 0.2) is 48.5 Å². The van der Waals surface area contributed by atoms with E-state index in [1.807, 2.05) is 42.5 Å². The molecule has 0 aliphatic heterocycles. The number of hydrogen-bond acceptors (Lipinski definition) is 3. The van der Waals surface area contributed by atoms with E-state index < -0.39 is 0 Å². The SMILES string of the molecule is CCc1ccccc1-c1n[nH]c(N)c1C(=O)c1cccc(I)c1. The number of aryl methyl sites for hydroxylation is 1. The Hall–Kier alpha value is -2.15. The van der Waals surface area contributed by atoms with Crippen LogP contribution in [0.2, 0.25) is 0 Å². The van der Waals surface area contributed by atoms with Gasteiger partial charge in [0.05, 0.1) is 5.56 Å². The molecule has 2 aromatic carbocycles. The van der Waals surface area contributed by atoms with Gasteiger partial charge >= 0.3 is 0 Å². The number of nitrogens with two attached hydrogens (primary N) is 1. The Balaban J connectivity index is 2.14. The third kappa shape index (κ3) is 3.01. The summed E-state index contributed by atoms with van der Waals surface area (Å²) in [6.45, 7) is 2.08. The molecule has 0 amide bonds. The van der Waals surface area contributed by atoms with Crippen molar-refractivity contribution in [1.82, 2.24) is 10.2 Å². The van der Waals surface area contributed by atoms with Crippen molar-refractivity contribution in [3.63, 3.8) is 0 Å². The van der Waals surface area contributed by atoms with E-state index in [1.54, 1.807) is 6.07 Å². The summed E-state index contributed by atoms with van der Waals surface area (Å²) in [6, 6.07) is 15.4. The number of hydrogen-bond donors (Lipinski definition) is 2. The molecule has 4 nitrogen and oxygen atoms in total. The molecule has 0 bridgehead atoms. The molecule has 0 saturated heterocycles. The van der Waals surface area contributed by atoms with Crippen molar-refractivity contribution in [2.24, 2.45) is 0 Å². The molecule has 3 N–H and O–H groups in total. The average Bonchev–Trinajstić information content (AvgIpc) is 2.95. The summed E-state index contributed by atoms with van der Waals surface area (Å²) in [5.74, 6) is 0.186. The Bertz CT molecular complexity index is 870. The highest BCUT2D eigenvalue weighted by atomic mass is 127. The number of aromatic nitrogens is 2. The van der Waals surface area contributed by atoms with Crippen molar-refractivity contribution >= 4 is 34.2 Å². The maximum absolute atomic E-state index is 12.9. The molecule has 0 aliphatic carbocycles. The summed E-state index contributed by atoms with van der Waals surface area (Å²) in [4.78, 5) is 12.9. The van der Waals surface area contributed by atoms with Gasteiger partial charge in [0.2, 0.25) is 0 Å². The predicted octanol–water partition coefficient (Wildman–Crippen LogP) is 4.06. The molecule has 5 heteroatoms. The fourth-order valence-electron chi connectivity index (χ4n) is 2.61. The molecule has 1 aromatic heterocycles. The Morgan fingerprint density at radius 1 is 1.22 bits per heavy atom. The van der Waals surface area contributed by atoms with Gasteiger partial charge in [-0.1, -0.05) is 43.3 Å². The number of rotatable bonds is 4. The molecule has 23 heavy (non-hydrogen) atoms. The highest BCUT2D eigenvalue weighted by molar-refractivity contribution is 14.1. The summed E-state index contributed by atoms with van der Waals surface area (Å²) in [5, 5.41) is 7.05. The molecule has 3 aromatic rings. The third-order valence-electron chi connectivity index (χ3n) is 3.76. The maximum Gasteiger partial charge on any atom is 0.199 e. The van der Waals surface area contributed by atoms with E-state index in [4.69, 9.17) is 5.73 Å². The van der Waals surface area contributed by atoms with Crippen molar-refractivity contribution < 1.29 is 4.79 Å². The first kappa shape index (κ1) is 15.7. The lowest BCUT2D eigenvalue weighted by Gasteiger charge is -2.08. The fourth-order valence-corrected chi connectivity index (χ4v) is 3.16. The summed E-state index contributed by atoms with van der Waals surface area (Å²) in [7, 11) is 0. The Labute approximate surface area is 148 Å². The number of ketones is 1. The topological polar surface area (TPSA) is 71.8 Å². The van der Waals surface area contributed by atoms with Gasteiger partial charge in [-0.2, -0.15) is 5.10 Å². The van der Waals surface area contributed by atoms with Crippen LogP contribution < -0.4 is 5.73 Å². The molecule has 0 spiro atoms. The lowest BCUT2D eigenvalue weighted by Crippen LogP contribution is -2.06. The number of benzene rings is 2. The third-order valence-corrected chi connectivity index (χ3v) is 4.43. The second-order valence-corrected chi connectivity index (χ2v) is 6.46. The van der Waals surface area contributed by atoms with Crippen molar-refractivity contribution in [1.29, 1.82) is 0 Å². The summed E-state index contributed by atoms with van der Waals surface area (Å²) in [5.41, 5.74) is 9.75. The van der Waals surface area contributed by atoms with E-state index in [-0.39, 0.29) is 5.78 Å². The molecule has 1 heterocycles. The molecule has 0 unspecified atom stereocenters. The average molecular weight is 417 g/mol. The molecular formula is C18H16IN3O. The number of carbonyl (C=O) groups is 1. The predicted molar refractivity (Wildman–Crippen MR) is 100 cm³/mol. The molecule has 0 atom stereocenters. The van der Waals surface area contributed by atoms with Gasteiger partial charge in [0, 0.05) is 14.7 Å². The van der Waals surface area contributed by atoms with Gasteiger partial charge in [0.25, 0.3) is 0 Å². The van der Waals surface area contributed by atoms with Crippen molar-refractivity contribution in [3.05, 3.63) is 68.8 Å². The lowest BCUT2D eigenvalue weighted by atomic mass is 9.96. The summed E-state index contributed by atoms with van der Waals surface area (Å²) >= 11 is 2.19. The standard InChI is InChI=1S/C18H16IN3O/c1-2-11-6-3-4-9-14(11)16-15(18(20)22-21-16)17(23)12-7-5-8-13(19)10-12/h3-10H,2H2,1H3,(H3,20,21,22). The Kier molecular flexibility index (Phi) is 4.47. The lowest BCUT2D eigenvalue weighted by molar-refractivity contribution is 0.104. The number of carbonyl (C=O) groups excluding carboxylic acids is 1. The first-order valence-corrected chi connectivity index (χ1v) is 8.42. The van der Waals surface area contributed by atoms with Crippen LogP contribution in [0, 0.1) is 3.57 Å². The van der Waals surface area contributed by atoms with Crippen molar-refractivity contribution in [2.45, 2.75) is 13.3 Å². The van der Waals surface area contributed by atoms with Crippen LogP contribution in [-0.4, -0.2) is 16.0 Å². The number of aromatic amines is 1. The molecular weight excluding hydrogens is 401 g/mol. The number of nitrogens with zero attached hydrogens (tertiary/aromatic N) is 1. The number of nitrogens with one attached hydrogen (secondary N) is 1. The van der Waals surface area contributed by atoms with Crippen LogP contribution in [0.4, 0.5) is 5.82 Å². The molecule has 116 valence electrons. The van der Waals surface area contributed by atoms with E-state index in [0.29, 0.717) is 22.6 Å². The van der Waals surface area contributed by atoms with Crippen LogP contribution in [0.25, 0.3) is 11.3 Å². The zero-order valence-electron chi connectivity index (χ0n) is 12.6. The van der Waals surface area contributed by atoms with Crippen LogP contribution in [-0.2, 0) is 6.42 Å². The first-order valence-electron chi connectivity index (χ1n) is 7.34. The van der Waals surface area contributed by atoms with E-state index in [1.165, 1.54) is 0 Å². The van der Waals surface area contributed by atoms with Crippen LogP contribution in [0.5, 0.6) is 0 Å². The van der Waals surface area contributed by atoms with Gasteiger partial charge in [0.1, 0.15) is 11.5 Å². The van der Waals surface area contributed by atoms with Gasteiger partial charge in [0.15, 0.2) is 5.78 Å². The van der Waals surface area contributed by atoms with Crippen LogP contribution in [0.3, 0.4) is 0 Å². The summed E-state index contributed by atoms with van der Waals surface area (Å²) < 4.78 is 1.01. The summed E-state index contributed by atoms with van der Waals surface area (Å²) in [6.07, 6.45) is 0.861. The van der Waals surface area contributed by atoms with E-state index >= 15 is 0 Å². The van der Waals surface area contributed by atoms with Crippen LogP contribution >= 0.6 is 22.6 Å².